The fourth-order valence-electron chi connectivity index (χ4n) is 3.19. The molecule has 0 spiro atoms. The molecule has 0 aromatic heterocycles. The summed E-state index contributed by atoms with van der Waals surface area (Å²) in [5, 5.41) is 3.67. The Kier molecular flexibility index (Phi) is 4.04. The molecule has 1 aliphatic carbocycles. The molecule has 1 aliphatic heterocycles. The second-order valence-corrected chi connectivity index (χ2v) is 5.57. The second-order valence-electron chi connectivity index (χ2n) is 5.57. The van der Waals surface area contributed by atoms with E-state index in [0.29, 0.717) is 6.04 Å². The first kappa shape index (κ1) is 11.4. The SMILES string of the molecule is CC(C)NC1CCC(N2CCCC2)CC1. The van der Waals surface area contributed by atoms with Crippen LogP contribution in [0.3, 0.4) is 0 Å². The molecule has 88 valence electrons. The highest BCUT2D eigenvalue weighted by atomic mass is 15.2. The molecule has 2 fully saturated rings. The van der Waals surface area contributed by atoms with E-state index in [1.807, 2.05) is 0 Å². The zero-order valence-corrected chi connectivity index (χ0v) is 10.3. The first-order valence-corrected chi connectivity index (χ1v) is 6.76. The van der Waals surface area contributed by atoms with Crippen LogP contribution in [0, 0.1) is 0 Å². The Morgan fingerprint density at radius 3 is 2.13 bits per heavy atom. The molecule has 2 rings (SSSR count). The lowest BCUT2D eigenvalue weighted by Crippen LogP contribution is -2.43. The van der Waals surface area contributed by atoms with Crippen LogP contribution in [0.2, 0.25) is 0 Å². The van der Waals surface area contributed by atoms with Gasteiger partial charge < -0.3 is 10.2 Å². The zero-order chi connectivity index (χ0) is 10.7. The van der Waals surface area contributed by atoms with Crippen LogP contribution in [-0.4, -0.2) is 36.1 Å². The van der Waals surface area contributed by atoms with Crippen LogP contribution in [0.5, 0.6) is 0 Å². The van der Waals surface area contributed by atoms with Gasteiger partial charge in [0.2, 0.25) is 0 Å². The molecular weight excluding hydrogens is 184 g/mol. The van der Waals surface area contributed by atoms with Crippen molar-refractivity contribution in [3.8, 4) is 0 Å². The van der Waals surface area contributed by atoms with Crippen molar-refractivity contribution in [3.05, 3.63) is 0 Å². The molecule has 0 aromatic rings. The second kappa shape index (κ2) is 5.31. The third kappa shape index (κ3) is 3.18. The third-order valence-electron chi connectivity index (χ3n) is 3.92. The van der Waals surface area contributed by atoms with Gasteiger partial charge >= 0.3 is 0 Å². The van der Waals surface area contributed by atoms with Crippen molar-refractivity contribution in [1.82, 2.24) is 10.2 Å². The van der Waals surface area contributed by atoms with Crippen molar-refractivity contribution in [3.63, 3.8) is 0 Å². The van der Waals surface area contributed by atoms with Crippen molar-refractivity contribution in [1.29, 1.82) is 0 Å². The van der Waals surface area contributed by atoms with Crippen molar-refractivity contribution in [2.75, 3.05) is 13.1 Å². The van der Waals surface area contributed by atoms with Crippen LogP contribution < -0.4 is 5.32 Å². The average Bonchev–Trinajstić information content (AvgIpc) is 2.71. The lowest BCUT2D eigenvalue weighted by Gasteiger charge is -2.35. The first-order chi connectivity index (χ1) is 7.25. The summed E-state index contributed by atoms with van der Waals surface area (Å²) in [6.45, 7) is 7.25. The molecule has 0 amide bonds. The number of nitrogens with zero attached hydrogens (tertiary/aromatic N) is 1. The quantitative estimate of drug-likeness (QED) is 0.769. The summed E-state index contributed by atoms with van der Waals surface area (Å²) in [5.41, 5.74) is 0. The molecule has 0 radical (unpaired) electrons. The Bertz CT molecular complexity index is 177. The van der Waals surface area contributed by atoms with E-state index in [4.69, 9.17) is 0 Å². The van der Waals surface area contributed by atoms with E-state index in [2.05, 4.69) is 24.1 Å². The molecule has 15 heavy (non-hydrogen) atoms. The summed E-state index contributed by atoms with van der Waals surface area (Å²) in [4.78, 5) is 2.73. The number of rotatable bonds is 3. The van der Waals surface area contributed by atoms with Gasteiger partial charge in [-0.25, -0.2) is 0 Å². The minimum atomic E-state index is 0.651. The number of hydrogen-bond donors (Lipinski definition) is 1. The van der Waals surface area contributed by atoms with Crippen molar-refractivity contribution in [2.24, 2.45) is 0 Å². The highest BCUT2D eigenvalue weighted by molar-refractivity contribution is 4.85. The molecule has 0 atom stereocenters. The third-order valence-corrected chi connectivity index (χ3v) is 3.92. The lowest BCUT2D eigenvalue weighted by atomic mass is 9.90. The van der Waals surface area contributed by atoms with E-state index >= 15 is 0 Å². The maximum absolute atomic E-state index is 3.67. The van der Waals surface area contributed by atoms with Crippen molar-refractivity contribution in [2.45, 2.75) is 70.5 Å². The van der Waals surface area contributed by atoms with Gasteiger partial charge in [0.05, 0.1) is 0 Å². The molecule has 0 unspecified atom stereocenters. The number of hydrogen-bond acceptors (Lipinski definition) is 2. The Morgan fingerprint density at radius 1 is 1.00 bits per heavy atom. The Labute approximate surface area is 94.4 Å². The van der Waals surface area contributed by atoms with Gasteiger partial charge in [0.1, 0.15) is 0 Å². The summed E-state index contributed by atoms with van der Waals surface area (Å²) >= 11 is 0. The summed E-state index contributed by atoms with van der Waals surface area (Å²) in [5.74, 6) is 0. The molecule has 2 heteroatoms. The largest absolute Gasteiger partial charge is 0.312 e. The molecule has 1 saturated carbocycles. The van der Waals surface area contributed by atoms with Gasteiger partial charge in [-0.1, -0.05) is 13.8 Å². The Balaban J connectivity index is 1.71. The predicted octanol–water partition coefficient (Wildman–Crippen LogP) is 2.39. The maximum atomic E-state index is 3.67. The molecular formula is C13H26N2. The van der Waals surface area contributed by atoms with Crippen LogP contribution in [0.4, 0.5) is 0 Å². The monoisotopic (exact) mass is 210 g/mol. The topological polar surface area (TPSA) is 15.3 Å². The molecule has 2 aliphatic rings. The first-order valence-electron chi connectivity index (χ1n) is 6.76. The van der Waals surface area contributed by atoms with Gasteiger partial charge in [-0.05, 0) is 51.6 Å². The van der Waals surface area contributed by atoms with E-state index in [1.54, 1.807) is 0 Å². The van der Waals surface area contributed by atoms with Gasteiger partial charge in [-0.15, -0.1) is 0 Å². The van der Waals surface area contributed by atoms with Crippen LogP contribution in [0.1, 0.15) is 52.4 Å². The van der Waals surface area contributed by atoms with E-state index in [9.17, 15) is 0 Å². The summed E-state index contributed by atoms with van der Waals surface area (Å²) in [7, 11) is 0. The minimum absolute atomic E-state index is 0.651. The standard InChI is InChI=1S/C13H26N2/c1-11(2)14-12-5-7-13(8-6-12)15-9-3-4-10-15/h11-14H,3-10H2,1-2H3. The highest BCUT2D eigenvalue weighted by Gasteiger charge is 2.27. The fourth-order valence-corrected chi connectivity index (χ4v) is 3.19. The van der Waals surface area contributed by atoms with Crippen LogP contribution in [0.15, 0.2) is 0 Å². The molecule has 0 bridgehead atoms. The van der Waals surface area contributed by atoms with E-state index in [1.165, 1.54) is 51.6 Å². The molecule has 1 N–H and O–H groups in total. The van der Waals surface area contributed by atoms with Crippen molar-refractivity contribution >= 4 is 0 Å². The summed E-state index contributed by atoms with van der Waals surface area (Å²) in [6, 6.07) is 2.36. The molecule has 1 saturated heterocycles. The normalized spacial score (nSPS) is 33.8. The van der Waals surface area contributed by atoms with Crippen molar-refractivity contribution < 1.29 is 0 Å². The smallest absolute Gasteiger partial charge is 0.00964 e. The molecule has 2 nitrogen and oxygen atoms in total. The van der Waals surface area contributed by atoms with Crippen LogP contribution >= 0.6 is 0 Å². The predicted molar refractivity (Wildman–Crippen MR) is 65.1 cm³/mol. The van der Waals surface area contributed by atoms with E-state index in [-0.39, 0.29) is 0 Å². The van der Waals surface area contributed by atoms with E-state index in [0.717, 1.165) is 12.1 Å². The fraction of sp³-hybridized carbons (Fsp3) is 1.00. The van der Waals surface area contributed by atoms with Gasteiger partial charge in [-0.3, -0.25) is 0 Å². The Morgan fingerprint density at radius 2 is 1.60 bits per heavy atom. The van der Waals surface area contributed by atoms with Gasteiger partial charge in [0.15, 0.2) is 0 Å². The molecule has 0 aromatic carbocycles. The molecule has 1 heterocycles. The summed E-state index contributed by atoms with van der Waals surface area (Å²) in [6.07, 6.45) is 8.49. The zero-order valence-electron chi connectivity index (χ0n) is 10.3. The van der Waals surface area contributed by atoms with Crippen LogP contribution in [-0.2, 0) is 0 Å². The maximum Gasteiger partial charge on any atom is 0.00964 e. The number of nitrogens with one attached hydrogen (secondary N) is 1. The summed E-state index contributed by atoms with van der Waals surface area (Å²) < 4.78 is 0. The van der Waals surface area contributed by atoms with Crippen LogP contribution in [0.25, 0.3) is 0 Å². The Hall–Kier alpha value is -0.0800. The van der Waals surface area contributed by atoms with E-state index < -0.39 is 0 Å². The number of likely N-dealkylation sites (tertiary alicyclic amines) is 1. The highest BCUT2D eigenvalue weighted by Crippen LogP contribution is 2.26. The van der Waals surface area contributed by atoms with Gasteiger partial charge in [0, 0.05) is 18.1 Å². The van der Waals surface area contributed by atoms with Gasteiger partial charge in [-0.2, -0.15) is 0 Å². The average molecular weight is 210 g/mol. The van der Waals surface area contributed by atoms with Gasteiger partial charge in [0.25, 0.3) is 0 Å². The minimum Gasteiger partial charge on any atom is -0.312 e. The lowest BCUT2D eigenvalue weighted by molar-refractivity contribution is 0.171.